The van der Waals surface area contributed by atoms with Gasteiger partial charge in [-0.25, -0.2) is 12.7 Å². The first-order chi connectivity index (χ1) is 12.8. The van der Waals surface area contributed by atoms with E-state index < -0.39 is 10.0 Å². The number of rotatable bonds is 4. The zero-order chi connectivity index (χ0) is 19.6. The van der Waals surface area contributed by atoms with Crippen molar-refractivity contribution in [1.82, 2.24) is 14.1 Å². The molecule has 1 amide bonds. The van der Waals surface area contributed by atoms with Gasteiger partial charge in [0.2, 0.25) is 10.0 Å². The molecular weight excluding hydrogens is 362 g/mol. The number of sulfonamides is 1. The van der Waals surface area contributed by atoms with Crippen molar-refractivity contribution in [1.29, 1.82) is 0 Å². The van der Waals surface area contributed by atoms with Gasteiger partial charge >= 0.3 is 0 Å². The summed E-state index contributed by atoms with van der Waals surface area (Å²) in [6.07, 6.45) is 0. The second-order valence-corrected chi connectivity index (χ2v) is 9.15. The molecule has 0 radical (unpaired) electrons. The zero-order valence-corrected chi connectivity index (χ0v) is 16.7. The normalized spacial score (nSPS) is 18.7. The molecule has 1 atom stereocenters. The summed E-state index contributed by atoms with van der Waals surface area (Å²) in [5.41, 5.74) is 1.47. The number of amides is 1. The van der Waals surface area contributed by atoms with Crippen LogP contribution in [0.5, 0.6) is 0 Å². The number of carbonyl (C=O) groups excluding carboxylic acids is 1. The van der Waals surface area contributed by atoms with Crippen LogP contribution in [0.25, 0.3) is 0 Å². The van der Waals surface area contributed by atoms with Crippen LogP contribution in [0, 0.1) is 0 Å². The fourth-order valence-electron chi connectivity index (χ4n) is 3.29. The van der Waals surface area contributed by atoms with E-state index in [0.717, 1.165) is 23.0 Å². The maximum absolute atomic E-state index is 13.2. The smallest absolute Gasteiger partial charge is 0.254 e. The van der Waals surface area contributed by atoms with Gasteiger partial charge in [-0.1, -0.05) is 36.4 Å². The van der Waals surface area contributed by atoms with Crippen LogP contribution in [0.3, 0.4) is 0 Å². The Labute approximate surface area is 161 Å². The van der Waals surface area contributed by atoms with E-state index in [9.17, 15) is 13.2 Å². The van der Waals surface area contributed by atoms with Gasteiger partial charge in [0.1, 0.15) is 0 Å². The number of likely N-dealkylation sites (N-methyl/N-ethyl adjacent to an activating group) is 1. The van der Waals surface area contributed by atoms with Crippen LogP contribution in [-0.4, -0.2) is 69.2 Å². The molecule has 0 aliphatic carbocycles. The number of benzene rings is 2. The average Bonchev–Trinajstić information content (AvgIpc) is 2.68. The third-order valence-electron chi connectivity index (χ3n) is 4.89. The molecule has 144 valence electrons. The molecule has 7 heteroatoms. The molecule has 6 nitrogen and oxygen atoms in total. The Morgan fingerprint density at radius 1 is 1.04 bits per heavy atom. The Morgan fingerprint density at radius 3 is 2.41 bits per heavy atom. The Morgan fingerprint density at radius 2 is 1.74 bits per heavy atom. The minimum atomic E-state index is -3.58. The molecule has 0 unspecified atom stereocenters. The molecular formula is C20H25N3O3S. The minimum absolute atomic E-state index is 0.0634. The second-order valence-electron chi connectivity index (χ2n) is 7.00. The molecule has 0 spiro atoms. The predicted octanol–water partition coefficient (Wildman–Crippen LogP) is 2.07. The maximum atomic E-state index is 13.2. The maximum Gasteiger partial charge on any atom is 0.254 e. The van der Waals surface area contributed by atoms with E-state index in [1.165, 1.54) is 26.2 Å². The van der Waals surface area contributed by atoms with E-state index in [1.54, 1.807) is 12.1 Å². The van der Waals surface area contributed by atoms with Gasteiger partial charge in [0.05, 0.1) is 10.9 Å². The van der Waals surface area contributed by atoms with Crippen LogP contribution >= 0.6 is 0 Å². The van der Waals surface area contributed by atoms with Crippen LogP contribution in [-0.2, 0) is 10.0 Å². The minimum Gasteiger partial charge on any atom is -0.329 e. The number of hydrogen-bond acceptors (Lipinski definition) is 4. The lowest BCUT2D eigenvalue weighted by molar-refractivity contribution is 0.0498. The summed E-state index contributed by atoms with van der Waals surface area (Å²) >= 11 is 0. The van der Waals surface area contributed by atoms with Crippen molar-refractivity contribution in [3.8, 4) is 0 Å². The lowest BCUT2D eigenvalue weighted by Gasteiger charge is -2.40. The first-order valence-corrected chi connectivity index (χ1v) is 10.3. The molecule has 1 heterocycles. The Bertz CT molecular complexity index is 913. The van der Waals surface area contributed by atoms with Gasteiger partial charge in [-0.2, -0.15) is 0 Å². The van der Waals surface area contributed by atoms with Crippen LogP contribution in [0.4, 0.5) is 0 Å². The summed E-state index contributed by atoms with van der Waals surface area (Å²) in [6, 6.07) is 16.2. The van der Waals surface area contributed by atoms with Gasteiger partial charge in [-0.3, -0.25) is 4.79 Å². The number of piperazine rings is 1. The topological polar surface area (TPSA) is 60.9 Å². The monoisotopic (exact) mass is 387 g/mol. The molecule has 0 N–H and O–H groups in total. The quantitative estimate of drug-likeness (QED) is 0.806. The fourth-order valence-corrected chi connectivity index (χ4v) is 4.24. The predicted molar refractivity (Wildman–Crippen MR) is 105 cm³/mol. The van der Waals surface area contributed by atoms with Gasteiger partial charge < -0.3 is 9.80 Å². The fraction of sp³-hybridized carbons (Fsp3) is 0.350. The van der Waals surface area contributed by atoms with Crippen molar-refractivity contribution in [3.63, 3.8) is 0 Å². The van der Waals surface area contributed by atoms with E-state index in [2.05, 4.69) is 4.90 Å². The van der Waals surface area contributed by atoms with Gasteiger partial charge in [-0.05, 0) is 30.8 Å². The van der Waals surface area contributed by atoms with Crippen molar-refractivity contribution < 1.29 is 13.2 Å². The van der Waals surface area contributed by atoms with Crippen LogP contribution in [0.2, 0.25) is 0 Å². The van der Waals surface area contributed by atoms with Gasteiger partial charge in [0, 0.05) is 39.3 Å². The van der Waals surface area contributed by atoms with Crippen molar-refractivity contribution in [2.45, 2.75) is 10.9 Å². The summed E-state index contributed by atoms with van der Waals surface area (Å²) in [4.78, 5) is 17.4. The molecule has 27 heavy (non-hydrogen) atoms. The molecule has 1 aliphatic heterocycles. The molecule has 2 aromatic carbocycles. The van der Waals surface area contributed by atoms with Crippen LogP contribution in [0.15, 0.2) is 59.5 Å². The van der Waals surface area contributed by atoms with E-state index in [1.807, 2.05) is 42.3 Å². The standard InChI is InChI=1S/C20H25N3O3S/c1-21(2)27(25,26)18-11-7-10-17(14-18)20(24)23-13-12-22(3)15-19(23)16-8-5-4-6-9-16/h4-11,14,19H,12-13,15H2,1-3H3/t19-/m0/s1. The lowest BCUT2D eigenvalue weighted by atomic mass is 10.0. The Kier molecular flexibility index (Phi) is 5.64. The highest BCUT2D eigenvalue weighted by atomic mass is 32.2. The zero-order valence-electron chi connectivity index (χ0n) is 15.9. The van der Waals surface area contributed by atoms with Gasteiger partial charge in [0.15, 0.2) is 0 Å². The molecule has 2 aromatic rings. The highest BCUT2D eigenvalue weighted by Crippen LogP contribution is 2.27. The average molecular weight is 388 g/mol. The molecule has 1 aliphatic rings. The number of carbonyl (C=O) groups is 1. The Balaban J connectivity index is 1.94. The van der Waals surface area contributed by atoms with Gasteiger partial charge in [0.25, 0.3) is 5.91 Å². The third kappa shape index (κ3) is 4.05. The summed E-state index contributed by atoms with van der Waals surface area (Å²) in [5, 5.41) is 0. The van der Waals surface area contributed by atoms with Crippen molar-refractivity contribution in [3.05, 3.63) is 65.7 Å². The first-order valence-electron chi connectivity index (χ1n) is 8.88. The third-order valence-corrected chi connectivity index (χ3v) is 6.70. The summed E-state index contributed by atoms with van der Waals surface area (Å²) in [7, 11) is 1.42. The number of nitrogens with zero attached hydrogens (tertiary/aromatic N) is 3. The van der Waals surface area contributed by atoms with Crippen molar-refractivity contribution >= 4 is 15.9 Å². The van der Waals surface area contributed by atoms with E-state index in [-0.39, 0.29) is 16.8 Å². The van der Waals surface area contributed by atoms with E-state index in [0.29, 0.717) is 12.1 Å². The van der Waals surface area contributed by atoms with Crippen LogP contribution in [0.1, 0.15) is 22.0 Å². The largest absolute Gasteiger partial charge is 0.329 e. The lowest BCUT2D eigenvalue weighted by Crippen LogP contribution is -2.49. The highest BCUT2D eigenvalue weighted by molar-refractivity contribution is 7.89. The molecule has 0 bridgehead atoms. The molecule has 3 rings (SSSR count). The Hall–Kier alpha value is -2.22. The molecule has 1 fully saturated rings. The molecule has 0 aromatic heterocycles. The van der Waals surface area contributed by atoms with E-state index in [4.69, 9.17) is 0 Å². The molecule has 0 saturated carbocycles. The van der Waals surface area contributed by atoms with Crippen molar-refractivity contribution in [2.75, 3.05) is 40.8 Å². The summed E-state index contributed by atoms with van der Waals surface area (Å²) in [6.45, 7) is 2.12. The summed E-state index contributed by atoms with van der Waals surface area (Å²) < 4.78 is 26.0. The summed E-state index contributed by atoms with van der Waals surface area (Å²) in [5.74, 6) is -0.146. The van der Waals surface area contributed by atoms with Crippen LogP contribution < -0.4 is 0 Å². The molecule has 1 saturated heterocycles. The van der Waals surface area contributed by atoms with Crippen molar-refractivity contribution in [2.24, 2.45) is 0 Å². The first kappa shape index (κ1) is 19.5. The van der Waals surface area contributed by atoms with E-state index >= 15 is 0 Å². The second kappa shape index (κ2) is 7.80. The highest BCUT2D eigenvalue weighted by Gasteiger charge is 2.31. The SMILES string of the molecule is CN1CCN(C(=O)c2cccc(S(=O)(=O)N(C)C)c2)[C@H](c2ccccc2)C1. The number of hydrogen-bond donors (Lipinski definition) is 0. The van der Waals surface area contributed by atoms with Gasteiger partial charge in [-0.15, -0.1) is 0 Å².